The second-order valence-electron chi connectivity index (χ2n) is 5.96. The van der Waals surface area contributed by atoms with Gasteiger partial charge in [-0.1, -0.05) is 11.5 Å². The second kappa shape index (κ2) is 6.35. The van der Waals surface area contributed by atoms with Crippen LogP contribution in [0.25, 0.3) is 16.7 Å². The highest BCUT2D eigenvalue weighted by Crippen LogP contribution is 2.20. The summed E-state index contributed by atoms with van der Waals surface area (Å²) in [4.78, 5) is 25.3. The molecule has 0 spiro atoms. The van der Waals surface area contributed by atoms with Gasteiger partial charge in [0, 0.05) is 19.9 Å². The minimum absolute atomic E-state index is 0. The number of nitrogens with zero attached hydrogens (tertiary/aromatic N) is 4. The average Bonchev–Trinajstić information content (AvgIpc) is 3.02. The molecule has 27 heavy (non-hydrogen) atoms. The molecule has 0 aliphatic rings. The number of methoxy groups -OCH3 is 1. The molecule has 0 bridgehead atoms. The molecule has 3 heterocycles. The van der Waals surface area contributed by atoms with Crippen LogP contribution in [0.1, 0.15) is 17.5 Å². The molecule has 134 valence electrons. The van der Waals surface area contributed by atoms with E-state index in [1.165, 1.54) is 29.8 Å². The zero-order chi connectivity index (χ0) is 19.1. The second-order valence-corrected chi connectivity index (χ2v) is 5.96. The first kappa shape index (κ1) is 17.0. The Bertz CT molecular complexity index is 1210. The topological polar surface area (TPSA) is 81.4 Å². The third-order valence-corrected chi connectivity index (χ3v) is 4.05. The van der Waals surface area contributed by atoms with Gasteiger partial charge in [0.15, 0.2) is 11.5 Å². The van der Waals surface area contributed by atoms with Crippen LogP contribution in [0.2, 0.25) is 0 Å². The Morgan fingerprint density at radius 2 is 2.11 bits per heavy atom. The van der Waals surface area contributed by atoms with Gasteiger partial charge in [0.1, 0.15) is 13.4 Å². The van der Waals surface area contributed by atoms with Crippen LogP contribution in [-0.2, 0) is 0 Å². The van der Waals surface area contributed by atoms with Crippen molar-refractivity contribution < 1.29 is 15.3 Å². The van der Waals surface area contributed by atoms with E-state index in [9.17, 15) is 9.18 Å². The molecule has 1 aromatic carbocycles. The van der Waals surface area contributed by atoms with Gasteiger partial charge in [-0.2, -0.15) is 0 Å². The lowest BCUT2D eigenvalue weighted by Crippen LogP contribution is -2.17. The molecule has 4 aromatic rings. The average molecular weight is 363 g/mol. The number of amides is 1. The van der Waals surface area contributed by atoms with Crippen molar-refractivity contribution >= 4 is 41.6 Å². The van der Waals surface area contributed by atoms with Crippen LogP contribution in [0.4, 0.5) is 10.1 Å². The highest BCUT2D eigenvalue weighted by Gasteiger charge is 2.16. The number of hydrogen-bond donors (Lipinski definition) is 1. The van der Waals surface area contributed by atoms with Crippen LogP contribution in [-0.4, -0.2) is 40.2 Å². The largest absolute Gasteiger partial charge is 0.480 e. The standard InChI is InChI=1S/C18H13BFN5O2.H2/c1-9-7-25-8-10(5-13(20)17(25)22-9)23-18(26)11-3-4-12(19)16-15(11)24-14(27-2)6-21-16;/h3-8H,1-2H3,(H,23,26);1H. The van der Waals surface area contributed by atoms with Crippen molar-refractivity contribution in [3.05, 3.63) is 53.9 Å². The highest BCUT2D eigenvalue weighted by atomic mass is 19.1. The molecule has 0 unspecified atom stereocenters. The number of aryl methyl sites for hydroxylation is 1. The number of nitrogens with one attached hydrogen (secondary N) is 1. The lowest BCUT2D eigenvalue weighted by molar-refractivity contribution is 0.102. The molecule has 0 aliphatic carbocycles. The molecule has 4 rings (SSSR count). The first-order valence-corrected chi connectivity index (χ1v) is 8.01. The Kier molecular flexibility index (Phi) is 3.99. The molecule has 0 fully saturated rings. The van der Waals surface area contributed by atoms with Gasteiger partial charge in [-0.15, -0.1) is 0 Å². The molecule has 0 aliphatic heterocycles. The van der Waals surface area contributed by atoms with E-state index in [0.29, 0.717) is 22.2 Å². The maximum absolute atomic E-state index is 14.2. The van der Waals surface area contributed by atoms with Crippen LogP contribution >= 0.6 is 0 Å². The molecule has 3 aromatic heterocycles. The molecule has 7 nitrogen and oxygen atoms in total. The van der Waals surface area contributed by atoms with E-state index in [1.807, 2.05) is 0 Å². The van der Waals surface area contributed by atoms with Crippen molar-refractivity contribution in [1.29, 1.82) is 0 Å². The van der Waals surface area contributed by atoms with Gasteiger partial charge in [-0.25, -0.2) is 19.3 Å². The number of carbonyl (C=O) groups excluding carboxylic acids is 1. The number of aromatic nitrogens is 4. The van der Waals surface area contributed by atoms with E-state index >= 15 is 0 Å². The quantitative estimate of drug-likeness (QED) is 0.564. The first-order chi connectivity index (χ1) is 13.0. The Morgan fingerprint density at radius 1 is 1.30 bits per heavy atom. The predicted molar refractivity (Wildman–Crippen MR) is 101 cm³/mol. The molecule has 0 saturated carbocycles. The van der Waals surface area contributed by atoms with Gasteiger partial charge in [-0.05, 0) is 13.0 Å². The summed E-state index contributed by atoms with van der Waals surface area (Å²) in [7, 11) is 7.37. The number of benzene rings is 1. The lowest BCUT2D eigenvalue weighted by atomic mass is 9.92. The van der Waals surface area contributed by atoms with E-state index in [-0.39, 0.29) is 24.2 Å². The third kappa shape index (κ3) is 2.97. The van der Waals surface area contributed by atoms with Crippen LogP contribution in [0.15, 0.2) is 36.8 Å². The van der Waals surface area contributed by atoms with E-state index in [0.717, 1.165) is 0 Å². The van der Waals surface area contributed by atoms with Crippen molar-refractivity contribution in [2.45, 2.75) is 6.92 Å². The van der Waals surface area contributed by atoms with Crippen LogP contribution in [0.3, 0.4) is 0 Å². The minimum Gasteiger partial charge on any atom is -0.480 e. The zero-order valence-corrected chi connectivity index (χ0v) is 14.5. The predicted octanol–water partition coefficient (Wildman–Crippen LogP) is 2.03. The maximum Gasteiger partial charge on any atom is 0.257 e. The number of anilines is 1. The van der Waals surface area contributed by atoms with Crippen molar-refractivity contribution in [1.82, 2.24) is 19.4 Å². The summed E-state index contributed by atoms with van der Waals surface area (Å²) in [5.74, 6) is -0.758. The Balaban J connectivity index is 0.00000225. The molecular formula is C18H15BFN5O2. The molecule has 9 heteroatoms. The van der Waals surface area contributed by atoms with Gasteiger partial charge in [-0.3, -0.25) is 4.79 Å². The zero-order valence-electron chi connectivity index (χ0n) is 14.5. The smallest absolute Gasteiger partial charge is 0.257 e. The summed E-state index contributed by atoms with van der Waals surface area (Å²) in [6.45, 7) is 1.76. The lowest BCUT2D eigenvalue weighted by Gasteiger charge is -2.10. The highest BCUT2D eigenvalue weighted by molar-refractivity contribution is 6.38. The van der Waals surface area contributed by atoms with E-state index < -0.39 is 11.7 Å². The Hall–Kier alpha value is -3.49. The van der Waals surface area contributed by atoms with Crippen molar-refractivity contribution in [3.8, 4) is 5.88 Å². The minimum atomic E-state index is -0.537. The number of halogens is 1. The van der Waals surface area contributed by atoms with Gasteiger partial charge in [0.25, 0.3) is 5.91 Å². The Morgan fingerprint density at radius 3 is 2.89 bits per heavy atom. The Labute approximate surface area is 156 Å². The maximum atomic E-state index is 14.2. The molecule has 1 amide bonds. The number of pyridine rings is 1. The van der Waals surface area contributed by atoms with Gasteiger partial charge < -0.3 is 14.5 Å². The molecule has 1 N–H and O–H groups in total. The van der Waals surface area contributed by atoms with E-state index in [2.05, 4.69) is 20.3 Å². The first-order valence-electron chi connectivity index (χ1n) is 8.01. The van der Waals surface area contributed by atoms with Crippen molar-refractivity contribution in [3.63, 3.8) is 0 Å². The van der Waals surface area contributed by atoms with Crippen molar-refractivity contribution in [2.24, 2.45) is 0 Å². The van der Waals surface area contributed by atoms with Crippen LogP contribution < -0.4 is 15.5 Å². The summed E-state index contributed by atoms with van der Waals surface area (Å²) >= 11 is 0. The van der Waals surface area contributed by atoms with Gasteiger partial charge >= 0.3 is 0 Å². The number of ether oxygens (including phenoxy) is 1. The number of imidazole rings is 1. The van der Waals surface area contributed by atoms with Crippen LogP contribution in [0.5, 0.6) is 5.88 Å². The number of fused-ring (bicyclic) bond motifs is 2. The summed E-state index contributed by atoms with van der Waals surface area (Å²) < 4.78 is 20.8. The monoisotopic (exact) mass is 363 g/mol. The third-order valence-electron chi connectivity index (χ3n) is 4.05. The fourth-order valence-corrected chi connectivity index (χ4v) is 2.83. The molecular weight excluding hydrogens is 348 g/mol. The van der Waals surface area contributed by atoms with Crippen molar-refractivity contribution in [2.75, 3.05) is 12.4 Å². The number of hydrogen-bond acceptors (Lipinski definition) is 5. The summed E-state index contributed by atoms with van der Waals surface area (Å²) in [5.41, 5.74) is 2.46. The number of carbonyl (C=O) groups is 1. The summed E-state index contributed by atoms with van der Waals surface area (Å²) in [5, 5.41) is 2.67. The molecule has 0 atom stereocenters. The SMILES string of the molecule is [B]c1ccc(C(=O)Nc2cc(F)c3nc(C)cn3c2)c2nc(OC)cnc12.[HH]. The fourth-order valence-electron chi connectivity index (χ4n) is 2.83. The molecule has 2 radical (unpaired) electrons. The molecule has 0 saturated heterocycles. The van der Waals surface area contributed by atoms with E-state index in [1.54, 1.807) is 25.4 Å². The van der Waals surface area contributed by atoms with Gasteiger partial charge in [0.05, 0.1) is 35.8 Å². The van der Waals surface area contributed by atoms with E-state index in [4.69, 9.17) is 12.6 Å². The number of rotatable bonds is 3. The fraction of sp³-hybridized carbons (Fsp3) is 0.111. The summed E-state index contributed by atoms with van der Waals surface area (Å²) in [6, 6.07) is 4.32. The van der Waals surface area contributed by atoms with Gasteiger partial charge in [0.2, 0.25) is 5.88 Å². The summed E-state index contributed by atoms with van der Waals surface area (Å²) in [6.07, 6.45) is 4.68. The normalized spacial score (nSPS) is 11.1. The van der Waals surface area contributed by atoms with Crippen LogP contribution in [0, 0.1) is 12.7 Å².